The maximum absolute atomic E-state index is 12.9. The first kappa shape index (κ1) is 70.3. The largest absolute Gasteiger partial charge is 0.462 e. The molecule has 6 heteroatoms. The topological polar surface area (TPSA) is 78.9 Å². The van der Waals surface area contributed by atoms with E-state index in [0.29, 0.717) is 19.3 Å². The van der Waals surface area contributed by atoms with Gasteiger partial charge in [0.1, 0.15) is 13.2 Å². The SMILES string of the molecule is CC/C=C\C/C=C\C/C=C\C/C=C\C/C=C\CCCC(=O)OC(COC(=O)CCCCCCC/C=C\C/C=C\C/C=C\CC)COC(=O)CCCCCCCCCCCCCCCCCCCCCCCCCC. The van der Waals surface area contributed by atoms with E-state index >= 15 is 0 Å². The quantitative estimate of drug-likeness (QED) is 0.0261. The molecule has 0 heterocycles. The predicted molar refractivity (Wildman–Crippen MR) is 320 cm³/mol. The van der Waals surface area contributed by atoms with Gasteiger partial charge in [0.15, 0.2) is 6.10 Å². The van der Waals surface area contributed by atoms with Crippen LogP contribution in [-0.4, -0.2) is 37.2 Å². The van der Waals surface area contributed by atoms with Crippen molar-refractivity contribution in [1.82, 2.24) is 0 Å². The van der Waals surface area contributed by atoms with E-state index in [0.717, 1.165) is 116 Å². The maximum atomic E-state index is 12.9. The van der Waals surface area contributed by atoms with Crippen LogP contribution in [0.2, 0.25) is 0 Å². The first-order valence-corrected chi connectivity index (χ1v) is 31.2. The van der Waals surface area contributed by atoms with E-state index in [1.165, 1.54) is 135 Å². The second kappa shape index (κ2) is 61.9. The molecule has 74 heavy (non-hydrogen) atoms. The van der Waals surface area contributed by atoms with Crippen LogP contribution >= 0.6 is 0 Å². The molecule has 1 atom stereocenters. The molecule has 424 valence electrons. The zero-order valence-corrected chi connectivity index (χ0v) is 48.6. The van der Waals surface area contributed by atoms with Crippen LogP contribution in [0, 0.1) is 0 Å². The van der Waals surface area contributed by atoms with E-state index in [1.807, 2.05) is 0 Å². The number of allylic oxidation sites excluding steroid dienone is 16. The molecule has 0 aromatic heterocycles. The first-order chi connectivity index (χ1) is 36.5. The molecule has 0 N–H and O–H groups in total. The Hall–Kier alpha value is -3.67. The Kier molecular flexibility index (Phi) is 58.8. The molecule has 0 aliphatic rings. The zero-order valence-electron chi connectivity index (χ0n) is 48.6. The molecule has 0 aliphatic heterocycles. The molecule has 0 fully saturated rings. The van der Waals surface area contributed by atoms with E-state index in [9.17, 15) is 14.4 Å². The van der Waals surface area contributed by atoms with E-state index in [1.54, 1.807) is 0 Å². The lowest BCUT2D eigenvalue weighted by Crippen LogP contribution is -2.30. The standard InChI is InChI=1S/C68H116O6/c1-4-7-10-13-16-19-22-25-28-30-31-32-33-34-35-36-38-40-43-46-49-52-55-58-61-67(70)73-64-65(63-72-66(69)60-57-54-51-48-45-42-39-27-24-21-18-15-12-9-6-3)74-68(71)62-59-56-53-50-47-44-41-37-29-26-23-20-17-14-11-8-5-2/h8-9,11-12,17-18,20-21,26-27,29,39,41,44,50,53,65H,4-7,10,13-16,19,22-25,28,30-38,40,42-43,45-49,51-52,54-64H2,1-3H3/b11-8-,12-9-,20-17-,21-18-,29-26-,39-27-,44-41-,53-50-. The summed E-state index contributed by atoms with van der Waals surface area (Å²) in [4.78, 5) is 38.2. The van der Waals surface area contributed by atoms with Gasteiger partial charge in [0.05, 0.1) is 0 Å². The normalized spacial score (nSPS) is 12.7. The minimum absolute atomic E-state index is 0.104. The number of carbonyl (C=O) groups excluding carboxylic acids is 3. The van der Waals surface area contributed by atoms with Crippen molar-refractivity contribution in [3.63, 3.8) is 0 Å². The molecular weight excluding hydrogens is 913 g/mol. The van der Waals surface area contributed by atoms with Gasteiger partial charge in [-0.1, -0.05) is 285 Å². The highest BCUT2D eigenvalue weighted by Crippen LogP contribution is 2.17. The Balaban J connectivity index is 4.38. The van der Waals surface area contributed by atoms with Crippen molar-refractivity contribution in [1.29, 1.82) is 0 Å². The van der Waals surface area contributed by atoms with Gasteiger partial charge in [0, 0.05) is 19.3 Å². The van der Waals surface area contributed by atoms with Crippen molar-refractivity contribution < 1.29 is 28.6 Å². The minimum Gasteiger partial charge on any atom is -0.462 e. The summed E-state index contributed by atoms with van der Waals surface area (Å²) in [5, 5.41) is 0. The first-order valence-electron chi connectivity index (χ1n) is 31.2. The van der Waals surface area contributed by atoms with E-state index in [-0.39, 0.29) is 37.5 Å². The van der Waals surface area contributed by atoms with E-state index < -0.39 is 6.10 Å². The summed E-state index contributed by atoms with van der Waals surface area (Å²) in [6.07, 6.45) is 82.8. The van der Waals surface area contributed by atoms with Crippen molar-refractivity contribution in [3.8, 4) is 0 Å². The van der Waals surface area contributed by atoms with Gasteiger partial charge in [-0.15, -0.1) is 0 Å². The maximum Gasteiger partial charge on any atom is 0.306 e. The van der Waals surface area contributed by atoms with Crippen LogP contribution in [-0.2, 0) is 28.6 Å². The fourth-order valence-corrected chi connectivity index (χ4v) is 8.73. The van der Waals surface area contributed by atoms with Crippen LogP contribution in [0.4, 0.5) is 0 Å². The summed E-state index contributed by atoms with van der Waals surface area (Å²) in [7, 11) is 0. The Bertz CT molecular complexity index is 1460. The highest BCUT2D eigenvalue weighted by molar-refractivity contribution is 5.71. The number of rotatable bonds is 56. The Morgan fingerprint density at radius 1 is 0.284 bits per heavy atom. The van der Waals surface area contributed by atoms with Crippen LogP contribution in [0.15, 0.2) is 97.2 Å². The van der Waals surface area contributed by atoms with Crippen molar-refractivity contribution >= 4 is 17.9 Å². The molecule has 1 unspecified atom stereocenters. The molecule has 6 nitrogen and oxygen atoms in total. The number of esters is 3. The van der Waals surface area contributed by atoms with Gasteiger partial charge in [-0.25, -0.2) is 0 Å². The van der Waals surface area contributed by atoms with Gasteiger partial charge < -0.3 is 14.2 Å². The van der Waals surface area contributed by atoms with Gasteiger partial charge in [-0.2, -0.15) is 0 Å². The summed E-state index contributed by atoms with van der Waals surface area (Å²) < 4.78 is 16.8. The molecule has 0 amide bonds. The van der Waals surface area contributed by atoms with Crippen LogP contribution in [0.1, 0.15) is 297 Å². The molecule has 0 aliphatic carbocycles. The Morgan fingerprint density at radius 2 is 0.541 bits per heavy atom. The van der Waals surface area contributed by atoms with Crippen LogP contribution in [0.25, 0.3) is 0 Å². The predicted octanol–water partition coefficient (Wildman–Crippen LogP) is 21.3. The summed E-state index contributed by atoms with van der Waals surface area (Å²) in [5.41, 5.74) is 0. The molecule has 0 saturated carbocycles. The lowest BCUT2D eigenvalue weighted by molar-refractivity contribution is -0.167. The third-order valence-corrected chi connectivity index (χ3v) is 13.3. The van der Waals surface area contributed by atoms with E-state index in [4.69, 9.17) is 14.2 Å². The molecule has 0 aromatic rings. The molecule has 0 saturated heterocycles. The van der Waals surface area contributed by atoms with Gasteiger partial charge >= 0.3 is 17.9 Å². The average molecular weight is 1030 g/mol. The van der Waals surface area contributed by atoms with Crippen LogP contribution in [0.3, 0.4) is 0 Å². The van der Waals surface area contributed by atoms with Gasteiger partial charge in [-0.3, -0.25) is 14.4 Å². The highest BCUT2D eigenvalue weighted by atomic mass is 16.6. The summed E-state index contributed by atoms with van der Waals surface area (Å²) in [5.74, 6) is -0.972. The lowest BCUT2D eigenvalue weighted by atomic mass is 10.0. The lowest BCUT2D eigenvalue weighted by Gasteiger charge is -2.18. The van der Waals surface area contributed by atoms with Crippen molar-refractivity contribution in [3.05, 3.63) is 97.2 Å². The number of hydrogen-bond acceptors (Lipinski definition) is 6. The average Bonchev–Trinajstić information content (AvgIpc) is 3.40. The smallest absolute Gasteiger partial charge is 0.306 e. The number of hydrogen-bond donors (Lipinski definition) is 0. The molecular formula is C68H116O6. The zero-order chi connectivity index (χ0) is 53.6. The third kappa shape index (κ3) is 59.2. The van der Waals surface area contributed by atoms with Gasteiger partial charge in [0.2, 0.25) is 0 Å². The molecule has 0 rings (SSSR count). The highest BCUT2D eigenvalue weighted by Gasteiger charge is 2.19. The van der Waals surface area contributed by atoms with Crippen molar-refractivity contribution in [2.24, 2.45) is 0 Å². The number of ether oxygens (including phenoxy) is 3. The van der Waals surface area contributed by atoms with Crippen LogP contribution in [0.5, 0.6) is 0 Å². The Morgan fingerprint density at radius 3 is 0.865 bits per heavy atom. The Labute approximate surface area is 457 Å². The summed E-state index contributed by atoms with van der Waals surface area (Å²) in [6.45, 7) is 6.38. The van der Waals surface area contributed by atoms with Gasteiger partial charge in [-0.05, 0) is 89.9 Å². The second-order valence-corrected chi connectivity index (χ2v) is 20.6. The molecule has 0 spiro atoms. The third-order valence-electron chi connectivity index (χ3n) is 13.3. The fourth-order valence-electron chi connectivity index (χ4n) is 8.73. The van der Waals surface area contributed by atoms with Crippen molar-refractivity contribution in [2.45, 2.75) is 303 Å². The number of unbranched alkanes of at least 4 members (excludes halogenated alkanes) is 29. The van der Waals surface area contributed by atoms with E-state index in [2.05, 4.69) is 118 Å². The van der Waals surface area contributed by atoms with Crippen molar-refractivity contribution in [2.75, 3.05) is 13.2 Å². The van der Waals surface area contributed by atoms with Crippen LogP contribution < -0.4 is 0 Å². The monoisotopic (exact) mass is 1030 g/mol. The molecule has 0 aromatic carbocycles. The van der Waals surface area contributed by atoms with Gasteiger partial charge in [0.25, 0.3) is 0 Å². The molecule has 0 radical (unpaired) electrons. The fraction of sp³-hybridized carbons (Fsp3) is 0.721. The summed E-state index contributed by atoms with van der Waals surface area (Å²) in [6, 6.07) is 0. The second-order valence-electron chi connectivity index (χ2n) is 20.6. The number of carbonyl (C=O) groups is 3. The molecule has 0 bridgehead atoms. The summed E-state index contributed by atoms with van der Waals surface area (Å²) >= 11 is 0. The minimum atomic E-state index is -0.815.